The van der Waals surface area contributed by atoms with Crippen LogP contribution in [0.2, 0.25) is 0 Å². The Kier molecular flexibility index (Phi) is 11.8. The van der Waals surface area contributed by atoms with Gasteiger partial charge in [0.15, 0.2) is 0 Å². The Morgan fingerprint density at radius 1 is 1.23 bits per heavy atom. The highest BCUT2D eigenvalue weighted by molar-refractivity contribution is 6.04. The molecule has 2 N–H and O–H groups in total. The lowest BCUT2D eigenvalue weighted by Gasteiger charge is -2.29. The van der Waals surface area contributed by atoms with Crippen molar-refractivity contribution in [3.8, 4) is 17.3 Å². The second-order valence-electron chi connectivity index (χ2n) is 9.96. The van der Waals surface area contributed by atoms with Crippen LogP contribution in [0.1, 0.15) is 53.7 Å². The molecule has 7 heteroatoms. The molecule has 1 amide bonds. The Hall–Kier alpha value is -3.60. The van der Waals surface area contributed by atoms with Crippen molar-refractivity contribution in [1.29, 1.82) is 5.26 Å². The van der Waals surface area contributed by atoms with Crippen molar-refractivity contribution in [1.82, 2.24) is 14.8 Å². The van der Waals surface area contributed by atoms with Crippen LogP contribution in [-0.2, 0) is 16.6 Å². The highest BCUT2D eigenvalue weighted by atomic mass is 16.5. The van der Waals surface area contributed by atoms with E-state index in [0.717, 1.165) is 59.4 Å². The Labute approximate surface area is 233 Å². The molecule has 2 heterocycles. The number of hydrogen-bond acceptors (Lipinski definition) is 5. The second-order valence-corrected chi connectivity index (χ2v) is 9.96. The molecule has 210 valence electrons. The summed E-state index contributed by atoms with van der Waals surface area (Å²) in [6, 6.07) is 12.2. The van der Waals surface area contributed by atoms with Crippen LogP contribution in [0.25, 0.3) is 29.5 Å². The number of ether oxygens (including phenoxy) is 1. The first-order chi connectivity index (χ1) is 18.6. The maximum atomic E-state index is 12.9. The van der Waals surface area contributed by atoms with E-state index in [1.807, 2.05) is 58.4 Å². The number of amides is 1. The minimum absolute atomic E-state index is 0.0485. The van der Waals surface area contributed by atoms with Crippen LogP contribution in [0.3, 0.4) is 0 Å². The molecule has 0 radical (unpaired) electrons. The minimum atomic E-state index is -0.620. The Balaban J connectivity index is 0.00000260. The number of nitrogens with zero attached hydrogens (tertiary/aromatic N) is 3. The highest BCUT2D eigenvalue weighted by Gasteiger charge is 2.24. The lowest BCUT2D eigenvalue weighted by Crippen LogP contribution is -2.44. The number of hydrogen-bond donors (Lipinski definition) is 2. The molecule has 0 saturated carbocycles. The molecule has 1 aromatic heterocycles. The summed E-state index contributed by atoms with van der Waals surface area (Å²) >= 11 is 0. The molecule has 0 spiro atoms. The average Bonchev–Trinajstić information content (AvgIpc) is 3.30. The van der Waals surface area contributed by atoms with Gasteiger partial charge in [0, 0.05) is 49.4 Å². The molecule has 0 atom stereocenters. The van der Waals surface area contributed by atoms with E-state index in [1.165, 1.54) is 0 Å². The molecule has 1 fully saturated rings. The molecule has 1 aliphatic rings. The van der Waals surface area contributed by atoms with Gasteiger partial charge < -0.3 is 24.6 Å². The largest absolute Gasteiger partial charge is 0.396 e. The SMILES string of the molecule is C=c1cc(-c2ccc(/C(C)=C(\C#N)C(=O)NC(C)(C)CCO)n2C)cc/c1=C/C(=C\C)N1CCOCC1.CC. The summed E-state index contributed by atoms with van der Waals surface area (Å²) in [5, 5.41) is 23.9. The van der Waals surface area contributed by atoms with Crippen molar-refractivity contribution in [2.24, 2.45) is 7.05 Å². The number of carbonyl (C=O) groups excluding carboxylic acids is 1. The number of benzene rings is 1. The molecule has 1 aliphatic heterocycles. The first-order valence-electron chi connectivity index (χ1n) is 13.6. The van der Waals surface area contributed by atoms with Gasteiger partial charge >= 0.3 is 0 Å². The van der Waals surface area contributed by atoms with Gasteiger partial charge in [0.25, 0.3) is 5.91 Å². The van der Waals surface area contributed by atoms with E-state index in [4.69, 9.17) is 4.74 Å². The summed E-state index contributed by atoms with van der Waals surface area (Å²) in [5.41, 5.74) is 3.94. The van der Waals surface area contributed by atoms with E-state index in [9.17, 15) is 15.2 Å². The van der Waals surface area contributed by atoms with Crippen LogP contribution in [0, 0.1) is 11.3 Å². The van der Waals surface area contributed by atoms with Gasteiger partial charge in [-0.2, -0.15) is 5.26 Å². The van der Waals surface area contributed by atoms with Gasteiger partial charge in [0.05, 0.1) is 13.2 Å². The predicted molar refractivity (Wildman–Crippen MR) is 160 cm³/mol. The first-order valence-corrected chi connectivity index (χ1v) is 13.6. The number of morpholine rings is 1. The van der Waals surface area contributed by atoms with Crippen LogP contribution in [0.4, 0.5) is 0 Å². The molecule has 1 saturated heterocycles. The van der Waals surface area contributed by atoms with Gasteiger partial charge in [0.1, 0.15) is 11.6 Å². The maximum absolute atomic E-state index is 12.9. The van der Waals surface area contributed by atoms with Crippen molar-refractivity contribution in [3.63, 3.8) is 0 Å². The molecular formula is C32H44N4O3. The number of rotatable bonds is 8. The molecule has 1 aromatic carbocycles. The van der Waals surface area contributed by atoms with Gasteiger partial charge in [-0.3, -0.25) is 4.79 Å². The predicted octanol–water partition coefficient (Wildman–Crippen LogP) is 3.72. The Morgan fingerprint density at radius 3 is 2.46 bits per heavy atom. The van der Waals surface area contributed by atoms with Crippen LogP contribution in [0.5, 0.6) is 0 Å². The summed E-state index contributed by atoms with van der Waals surface area (Å²) in [6.07, 6.45) is 4.68. The normalized spacial score (nSPS) is 15.2. The van der Waals surface area contributed by atoms with Crippen LogP contribution < -0.4 is 15.8 Å². The van der Waals surface area contributed by atoms with Gasteiger partial charge in [-0.1, -0.05) is 38.6 Å². The fourth-order valence-electron chi connectivity index (χ4n) is 4.57. The smallest absolute Gasteiger partial charge is 0.262 e. The summed E-state index contributed by atoms with van der Waals surface area (Å²) in [4.78, 5) is 15.2. The number of nitriles is 1. The number of aliphatic hydroxyl groups is 1. The van der Waals surface area contributed by atoms with Crippen molar-refractivity contribution in [2.75, 3.05) is 32.9 Å². The molecule has 2 aromatic rings. The van der Waals surface area contributed by atoms with Crippen molar-refractivity contribution in [2.45, 2.75) is 53.5 Å². The lowest BCUT2D eigenvalue weighted by molar-refractivity contribution is -0.118. The molecule has 7 nitrogen and oxygen atoms in total. The number of aromatic nitrogens is 1. The van der Waals surface area contributed by atoms with Crippen molar-refractivity contribution >= 4 is 24.1 Å². The molecule has 0 bridgehead atoms. The van der Waals surface area contributed by atoms with Gasteiger partial charge in [-0.25, -0.2) is 0 Å². The zero-order valence-corrected chi connectivity index (χ0v) is 24.6. The van der Waals surface area contributed by atoms with E-state index in [0.29, 0.717) is 12.0 Å². The monoisotopic (exact) mass is 532 g/mol. The zero-order chi connectivity index (χ0) is 29.2. The fourth-order valence-corrected chi connectivity index (χ4v) is 4.57. The zero-order valence-electron chi connectivity index (χ0n) is 24.6. The molecule has 0 unspecified atom stereocenters. The van der Waals surface area contributed by atoms with Gasteiger partial charge in [-0.15, -0.1) is 0 Å². The quantitative estimate of drug-likeness (QED) is 0.400. The molecular weight excluding hydrogens is 488 g/mol. The average molecular weight is 533 g/mol. The standard InChI is InChI=1S/C30H38N4O3.C2H6/c1-7-25(34-13-16-37-17-14-34)19-23-8-9-24(18-21(23)2)28-11-10-27(33(28)6)22(3)26(20-31)29(36)32-30(4,5)12-15-35;1-2/h7-11,18-19,35H,2,12-17H2,1,3-6H3,(H,32,36);1-2H3/b23-19-,25-7+,26-22+;. The Bertz CT molecular complexity index is 1350. The number of nitrogens with one attached hydrogen (secondary N) is 1. The van der Waals surface area contributed by atoms with E-state index in [-0.39, 0.29) is 12.2 Å². The number of allylic oxidation sites excluding steroid dienone is 3. The summed E-state index contributed by atoms with van der Waals surface area (Å²) in [6.45, 7) is 18.9. The van der Waals surface area contributed by atoms with E-state index in [2.05, 4.69) is 53.2 Å². The van der Waals surface area contributed by atoms with Crippen molar-refractivity contribution < 1.29 is 14.6 Å². The molecule has 0 aliphatic carbocycles. The van der Waals surface area contributed by atoms with E-state index >= 15 is 0 Å². The topological polar surface area (TPSA) is 90.5 Å². The summed E-state index contributed by atoms with van der Waals surface area (Å²) in [7, 11) is 1.93. The Morgan fingerprint density at radius 2 is 1.90 bits per heavy atom. The number of carbonyl (C=O) groups is 1. The molecule has 39 heavy (non-hydrogen) atoms. The maximum Gasteiger partial charge on any atom is 0.262 e. The van der Waals surface area contributed by atoms with Gasteiger partial charge in [-0.05, 0) is 80.0 Å². The van der Waals surface area contributed by atoms with E-state index in [1.54, 1.807) is 6.92 Å². The number of aliphatic hydroxyl groups excluding tert-OH is 1. The lowest BCUT2D eigenvalue weighted by atomic mass is 9.99. The summed E-state index contributed by atoms with van der Waals surface area (Å²) in [5.74, 6) is -0.443. The third-order valence-electron chi connectivity index (χ3n) is 6.82. The first kappa shape index (κ1) is 31.6. The van der Waals surface area contributed by atoms with Crippen molar-refractivity contribution in [3.05, 3.63) is 63.8 Å². The highest BCUT2D eigenvalue weighted by Crippen LogP contribution is 2.26. The second kappa shape index (κ2) is 14.5. The summed E-state index contributed by atoms with van der Waals surface area (Å²) < 4.78 is 7.47. The van der Waals surface area contributed by atoms with Crippen LogP contribution >= 0.6 is 0 Å². The van der Waals surface area contributed by atoms with E-state index < -0.39 is 11.4 Å². The fraction of sp³-hybridized carbons (Fsp3) is 0.438. The molecule has 3 rings (SSSR count). The third-order valence-corrected chi connectivity index (χ3v) is 6.82. The third kappa shape index (κ3) is 7.95. The van der Waals surface area contributed by atoms with Crippen LogP contribution in [0.15, 0.2) is 47.7 Å². The van der Waals surface area contributed by atoms with Gasteiger partial charge in [0.2, 0.25) is 0 Å². The minimum Gasteiger partial charge on any atom is -0.396 e. The van der Waals surface area contributed by atoms with Crippen LogP contribution in [-0.4, -0.2) is 58.9 Å².